The van der Waals surface area contributed by atoms with Crippen molar-refractivity contribution in [1.29, 1.82) is 0 Å². The van der Waals surface area contributed by atoms with Crippen molar-refractivity contribution < 1.29 is 38.9 Å². The molecule has 0 saturated carbocycles. The SMILES string of the molecule is O=C(NCCCCCCNC(=O)NCC(=O)OCCO)NCC(=O)OCCO. The van der Waals surface area contributed by atoms with E-state index in [1.165, 1.54) is 0 Å². The number of hydrogen-bond donors (Lipinski definition) is 6. The smallest absolute Gasteiger partial charge is 0.325 e. The highest BCUT2D eigenvalue weighted by Gasteiger charge is 2.06. The summed E-state index contributed by atoms with van der Waals surface area (Å²) < 4.78 is 9.17. The van der Waals surface area contributed by atoms with E-state index < -0.39 is 24.0 Å². The molecule has 0 unspecified atom stereocenters. The quantitative estimate of drug-likeness (QED) is 0.137. The highest BCUT2D eigenvalue weighted by Crippen LogP contribution is 1.97. The Labute approximate surface area is 163 Å². The first kappa shape index (κ1) is 25.4. The average Bonchev–Trinajstić information content (AvgIpc) is 2.69. The lowest BCUT2D eigenvalue weighted by Crippen LogP contribution is -2.39. The van der Waals surface area contributed by atoms with Crippen molar-refractivity contribution in [3.8, 4) is 0 Å². The minimum Gasteiger partial charge on any atom is -0.462 e. The Morgan fingerprint density at radius 1 is 0.607 bits per heavy atom. The van der Waals surface area contributed by atoms with E-state index in [0.29, 0.717) is 13.1 Å². The number of amides is 4. The fourth-order valence-corrected chi connectivity index (χ4v) is 1.86. The van der Waals surface area contributed by atoms with Gasteiger partial charge in [0.25, 0.3) is 0 Å². The molecule has 0 aliphatic rings. The molecule has 12 heteroatoms. The van der Waals surface area contributed by atoms with Crippen LogP contribution >= 0.6 is 0 Å². The van der Waals surface area contributed by atoms with Crippen LogP contribution < -0.4 is 21.3 Å². The molecular formula is C16H30N4O8. The lowest BCUT2D eigenvalue weighted by atomic mass is 10.2. The second-order valence-corrected chi connectivity index (χ2v) is 5.52. The van der Waals surface area contributed by atoms with Gasteiger partial charge in [0.2, 0.25) is 0 Å². The van der Waals surface area contributed by atoms with Gasteiger partial charge in [-0.15, -0.1) is 0 Å². The molecule has 0 aromatic rings. The lowest BCUT2D eigenvalue weighted by Gasteiger charge is -2.08. The van der Waals surface area contributed by atoms with Crippen LogP contribution in [0.5, 0.6) is 0 Å². The molecular weight excluding hydrogens is 376 g/mol. The summed E-state index contributed by atoms with van der Waals surface area (Å²) in [6, 6.07) is -0.950. The van der Waals surface area contributed by atoms with Gasteiger partial charge in [-0.3, -0.25) is 9.59 Å². The summed E-state index contributed by atoms with van der Waals surface area (Å²) >= 11 is 0. The average molecular weight is 406 g/mol. The predicted molar refractivity (Wildman–Crippen MR) is 97.4 cm³/mol. The molecule has 0 rings (SSSR count). The highest BCUT2D eigenvalue weighted by molar-refractivity contribution is 5.81. The van der Waals surface area contributed by atoms with E-state index in [1.54, 1.807) is 0 Å². The van der Waals surface area contributed by atoms with Crippen molar-refractivity contribution in [2.45, 2.75) is 25.7 Å². The normalized spacial score (nSPS) is 9.93. The molecule has 4 amide bonds. The third-order valence-electron chi connectivity index (χ3n) is 3.17. The third-order valence-corrected chi connectivity index (χ3v) is 3.17. The summed E-state index contributed by atoms with van der Waals surface area (Å²) in [5, 5.41) is 26.8. The summed E-state index contributed by atoms with van der Waals surface area (Å²) in [5.41, 5.74) is 0. The van der Waals surface area contributed by atoms with E-state index in [0.717, 1.165) is 25.7 Å². The largest absolute Gasteiger partial charge is 0.462 e. The van der Waals surface area contributed by atoms with Gasteiger partial charge in [-0.1, -0.05) is 12.8 Å². The van der Waals surface area contributed by atoms with E-state index in [9.17, 15) is 19.2 Å². The van der Waals surface area contributed by atoms with Crippen LogP contribution in [-0.4, -0.2) is 86.8 Å². The second kappa shape index (κ2) is 17.8. The Morgan fingerprint density at radius 2 is 1.00 bits per heavy atom. The molecule has 28 heavy (non-hydrogen) atoms. The number of aliphatic hydroxyl groups excluding tert-OH is 2. The fraction of sp³-hybridized carbons (Fsp3) is 0.750. The number of unbranched alkanes of at least 4 members (excludes halogenated alkanes) is 3. The molecule has 0 aromatic heterocycles. The zero-order chi connectivity index (χ0) is 21.0. The van der Waals surface area contributed by atoms with Crippen molar-refractivity contribution in [3.63, 3.8) is 0 Å². The highest BCUT2D eigenvalue weighted by atomic mass is 16.5. The Hall–Kier alpha value is -2.60. The summed E-state index contributed by atoms with van der Waals surface area (Å²) in [5.74, 6) is -1.24. The van der Waals surface area contributed by atoms with Crippen molar-refractivity contribution in [1.82, 2.24) is 21.3 Å². The number of aliphatic hydroxyl groups is 2. The van der Waals surface area contributed by atoms with Crippen LogP contribution in [0.2, 0.25) is 0 Å². The summed E-state index contributed by atoms with van der Waals surface area (Å²) in [7, 11) is 0. The topological polar surface area (TPSA) is 175 Å². The Balaban J connectivity index is 3.45. The van der Waals surface area contributed by atoms with Crippen LogP contribution in [0.3, 0.4) is 0 Å². The zero-order valence-electron chi connectivity index (χ0n) is 15.8. The number of carbonyl (C=O) groups excluding carboxylic acids is 4. The number of carbonyl (C=O) groups is 4. The number of rotatable bonds is 15. The van der Waals surface area contributed by atoms with Gasteiger partial charge in [0.15, 0.2) is 0 Å². The van der Waals surface area contributed by atoms with Crippen molar-refractivity contribution >= 4 is 24.0 Å². The maximum absolute atomic E-state index is 11.4. The van der Waals surface area contributed by atoms with Crippen molar-refractivity contribution in [2.75, 3.05) is 52.6 Å². The van der Waals surface area contributed by atoms with Crippen LogP contribution in [0.25, 0.3) is 0 Å². The summed E-state index contributed by atoms with van der Waals surface area (Å²) in [4.78, 5) is 45.1. The third kappa shape index (κ3) is 16.8. The number of esters is 2. The standard InChI is InChI=1S/C16H30N4O8/c21-7-9-27-13(23)11-19-15(25)17-5-3-1-2-4-6-18-16(26)20-12-14(24)28-10-8-22/h21-22H,1-12H2,(H2,17,19,25)(H2,18,20,26). The first-order chi connectivity index (χ1) is 13.5. The number of ether oxygens (including phenoxy) is 2. The molecule has 0 radical (unpaired) electrons. The van der Waals surface area contributed by atoms with Gasteiger partial charge in [0.1, 0.15) is 26.3 Å². The van der Waals surface area contributed by atoms with E-state index in [-0.39, 0.29) is 39.5 Å². The maximum Gasteiger partial charge on any atom is 0.325 e. The van der Waals surface area contributed by atoms with Crippen LogP contribution in [0, 0.1) is 0 Å². The van der Waals surface area contributed by atoms with Gasteiger partial charge in [-0.05, 0) is 12.8 Å². The van der Waals surface area contributed by atoms with Gasteiger partial charge in [-0.25, -0.2) is 9.59 Å². The monoisotopic (exact) mass is 406 g/mol. The first-order valence-corrected chi connectivity index (χ1v) is 9.06. The fourth-order valence-electron chi connectivity index (χ4n) is 1.86. The van der Waals surface area contributed by atoms with Gasteiger partial charge in [-0.2, -0.15) is 0 Å². The molecule has 0 atom stereocenters. The molecule has 0 fully saturated rings. The Kier molecular flexibility index (Phi) is 16.1. The molecule has 6 N–H and O–H groups in total. The predicted octanol–water partition coefficient (Wildman–Crippen LogP) is -1.78. The van der Waals surface area contributed by atoms with E-state index in [1.807, 2.05) is 0 Å². The van der Waals surface area contributed by atoms with Crippen LogP contribution in [0.1, 0.15) is 25.7 Å². The zero-order valence-corrected chi connectivity index (χ0v) is 15.8. The molecule has 0 aromatic carbocycles. The van der Waals surface area contributed by atoms with Crippen molar-refractivity contribution in [2.24, 2.45) is 0 Å². The minimum absolute atomic E-state index is 0.101. The van der Waals surface area contributed by atoms with E-state index in [4.69, 9.17) is 10.2 Å². The molecule has 12 nitrogen and oxygen atoms in total. The van der Waals surface area contributed by atoms with Crippen LogP contribution in [-0.2, 0) is 19.1 Å². The molecule has 0 saturated heterocycles. The summed E-state index contributed by atoms with van der Waals surface area (Å²) in [6.45, 7) is -0.373. The van der Waals surface area contributed by atoms with E-state index in [2.05, 4.69) is 30.7 Å². The Morgan fingerprint density at radius 3 is 1.36 bits per heavy atom. The molecule has 162 valence electrons. The van der Waals surface area contributed by atoms with Gasteiger partial charge < -0.3 is 41.0 Å². The summed E-state index contributed by atoms with van der Waals surface area (Å²) in [6.07, 6.45) is 3.17. The molecule has 0 aliphatic carbocycles. The van der Waals surface area contributed by atoms with Crippen LogP contribution in [0.15, 0.2) is 0 Å². The molecule has 0 aliphatic heterocycles. The number of urea groups is 2. The van der Waals surface area contributed by atoms with Gasteiger partial charge in [0, 0.05) is 13.1 Å². The maximum atomic E-state index is 11.4. The molecule has 0 bridgehead atoms. The van der Waals surface area contributed by atoms with Gasteiger partial charge >= 0.3 is 24.0 Å². The first-order valence-electron chi connectivity index (χ1n) is 9.06. The lowest BCUT2D eigenvalue weighted by molar-refractivity contribution is -0.144. The molecule has 0 heterocycles. The number of nitrogens with one attached hydrogen (secondary N) is 4. The van der Waals surface area contributed by atoms with Gasteiger partial charge in [0.05, 0.1) is 13.2 Å². The molecule has 0 spiro atoms. The second-order valence-electron chi connectivity index (χ2n) is 5.52. The number of hydrogen-bond acceptors (Lipinski definition) is 8. The van der Waals surface area contributed by atoms with Crippen LogP contribution in [0.4, 0.5) is 9.59 Å². The Bertz CT molecular complexity index is 434. The van der Waals surface area contributed by atoms with Crippen molar-refractivity contribution in [3.05, 3.63) is 0 Å². The minimum atomic E-state index is -0.622. The van der Waals surface area contributed by atoms with E-state index >= 15 is 0 Å².